The van der Waals surface area contributed by atoms with E-state index < -0.39 is 16.1 Å². The van der Waals surface area contributed by atoms with Crippen LogP contribution in [0.25, 0.3) is 0 Å². The molecule has 0 bridgehead atoms. The molecule has 104 valence electrons. The lowest BCUT2D eigenvalue weighted by Crippen LogP contribution is -2.34. The normalized spacial score (nSPS) is 13.7. The van der Waals surface area contributed by atoms with Gasteiger partial charge < -0.3 is 15.6 Å². The van der Waals surface area contributed by atoms with Gasteiger partial charge in [-0.05, 0) is 6.92 Å². The highest BCUT2D eigenvalue weighted by molar-refractivity contribution is 7.89. The number of nitrogens with zero attached hydrogens (tertiary/aromatic N) is 2. The van der Waals surface area contributed by atoms with Gasteiger partial charge in [-0.1, -0.05) is 0 Å². The number of methoxy groups -OCH3 is 1. The molecule has 0 saturated heterocycles. The van der Waals surface area contributed by atoms with Gasteiger partial charge >= 0.3 is 0 Å². The van der Waals surface area contributed by atoms with E-state index in [1.54, 1.807) is 0 Å². The van der Waals surface area contributed by atoms with Crippen molar-refractivity contribution in [1.82, 2.24) is 14.5 Å². The topological polar surface area (TPSA) is 119 Å². The van der Waals surface area contributed by atoms with Crippen LogP contribution in [0.2, 0.25) is 0 Å². The molecule has 4 N–H and O–H groups in total. The molecule has 9 heteroatoms. The molecule has 0 fully saturated rings. The predicted octanol–water partition coefficient (Wildman–Crippen LogP) is -1.23. The molecule has 18 heavy (non-hydrogen) atoms. The second kappa shape index (κ2) is 6.14. The lowest BCUT2D eigenvalue weighted by molar-refractivity contribution is 0.0679. The zero-order valence-corrected chi connectivity index (χ0v) is 11.1. The van der Waals surface area contributed by atoms with E-state index in [2.05, 4.69) is 9.82 Å². The van der Waals surface area contributed by atoms with Gasteiger partial charge in [-0.3, -0.25) is 4.68 Å². The summed E-state index contributed by atoms with van der Waals surface area (Å²) in [5.41, 5.74) is 5.53. The molecule has 0 spiro atoms. The van der Waals surface area contributed by atoms with Crippen molar-refractivity contribution in [3.8, 4) is 0 Å². The molecule has 1 atom stereocenters. The number of anilines is 1. The smallest absolute Gasteiger partial charge is 0.245 e. The Kier molecular flexibility index (Phi) is 5.08. The Morgan fingerprint density at radius 2 is 2.33 bits per heavy atom. The Labute approximate surface area is 106 Å². The second-order valence-electron chi connectivity index (χ2n) is 3.70. The fraction of sp³-hybridized carbons (Fsp3) is 0.667. The van der Waals surface area contributed by atoms with Crippen LogP contribution in [-0.4, -0.2) is 49.7 Å². The van der Waals surface area contributed by atoms with Gasteiger partial charge in [-0.25, -0.2) is 13.1 Å². The van der Waals surface area contributed by atoms with Crippen molar-refractivity contribution in [3.05, 3.63) is 6.20 Å². The molecule has 8 nitrogen and oxygen atoms in total. The maximum absolute atomic E-state index is 11.9. The summed E-state index contributed by atoms with van der Waals surface area (Å²) in [7, 11) is -2.35. The first-order valence-corrected chi connectivity index (χ1v) is 6.88. The van der Waals surface area contributed by atoms with Crippen LogP contribution in [0.3, 0.4) is 0 Å². The predicted molar refractivity (Wildman–Crippen MR) is 65.4 cm³/mol. The number of sulfonamides is 1. The molecule has 0 aliphatic carbocycles. The number of aromatic nitrogens is 2. The Bertz CT molecular complexity index is 485. The zero-order chi connectivity index (χ0) is 13.8. The number of nitrogen functional groups attached to an aromatic ring is 1. The van der Waals surface area contributed by atoms with Crippen LogP contribution in [0.4, 0.5) is 5.82 Å². The molecule has 1 rings (SSSR count). The van der Waals surface area contributed by atoms with Crippen LogP contribution in [0.15, 0.2) is 11.1 Å². The standard InChI is InChI=1S/C9H18N4O4S/c1-3-13-5-8(9(10)12-13)18(15,16)11-4-7(14)6-17-2/h5,7,11,14H,3-4,6H2,1-2H3,(H2,10,12). The summed E-state index contributed by atoms with van der Waals surface area (Å²) in [4.78, 5) is -0.0889. The van der Waals surface area contributed by atoms with Gasteiger partial charge in [0.05, 0.1) is 12.7 Å². The summed E-state index contributed by atoms with van der Waals surface area (Å²) in [6, 6.07) is 0. The monoisotopic (exact) mass is 278 g/mol. The van der Waals surface area contributed by atoms with Gasteiger partial charge in [0, 0.05) is 26.4 Å². The number of aliphatic hydroxyl groups is 1. The van der Waals surface area contributed by atoms with Crippen molar-refractivity contribution in [2.75, 3.05) is 26.0 Å². The minimum atomic E-state index is -3.77. The van der Waals surface area contributed by atoms with Crippen molar-refractivity contribution < 1.29 is 18.3 Å². The Morgan fingerprint density at radius 3 is 2.83 bits per heavy atom. The largest absolute Gasteiger partial charge is 0.389 e. The molecule has 1 heterocycles. The van der Waals surface area contributed by atoms with E-state index in [-0.39, 0.29) is 23.9 Å². The maximum Gasteiger partial charge on any atom is 0.245 e. The fourth-order valence-electron chi connectivity index (χ4n) is 1.32. The van der Waals surface area contributed by atoms with Crippen molar-refractivity contribution in [2.45, 2.75) is 24.5 Å². The van der Waals surface area contributed by atoms with Crippen molar-refractivity contribution in [3.63, 3.8) is 0 Å². The molecule has 1 unspecified atom stereocenters. The second-order valence-corrected chi connectivity index (χ2v) is 5.43. The summed E-state index contributed by atoms with van der Waals surface area (Å²) in [5, 5.41) is 13.2. The summed E-state index contributed by atoms with van der Waals surface area (Å²) >= 11 is 0. The summed E-state index contributed by atoms with van der Waals surface area (Å²) < 4.78 is 32.2. The number of nitrogens with two attached hydrogens (primary N) is 1. The quantitative estimate of drug-likeness (QED) is 0.574. The highest BCUT2D eigenvalue weighted by Crippen LogP contribution is 2.15. The zero-order valence-electron chi connectivity index (χ0n) is 10.3. The van der Waals surface area contributed by atoms with Gasteiger partial charge in [0.25, 0.3) is 0 Å². The van der Waals surface area contributed by atoms with E-state index in [1.165, 1.54) is 18.0 Å². The number of aliphatic hydroxyl groups excluding tert-OH is 1. The van der Waals surface area contributed by atoms with E-state index in [0.717, 1.165) is 0 Å². The average molecular weight is 278 g/mol. The van der Waals surface area contributed by atoms with E-state index in [0.29, 0.717) is 6.54 Å². The van der Waals surface area contributed by atoms with Crippen LogP contribution < -0.4 is 10.5 Å². The molecule has 0 radical (unpaired) electrons. The summed E-state index contributed by atoms with van der Waals surface area (Å²) in [5.74, 6) is -0.0643. The van der Waals surface area contributed by atoms with E-state index in [1.807, 2.05) is 6.92 Å². The molecular weight excluding hydrogens is 260 g/mol. The van der Waals surface area contributed by atoms with Crippen molar-refractivity contribution in [2.24, 2.45) is 0 Å². The van der Waals surface area contributed by atoms with Gasteiger partial charge in [0.15, 0.2) is 5.82 Å². The first-order chi connectivity index (χ1) is 8.40. The lowest BCUT2D eigenvalue weighted by Gasteiger charge is -2.10. The molecule has 0 amide bonds. The van der Waals surface area contributed by atoms with E-state index in [4.69, 9.17) is 10.5 Å². The molecule has 1 aromatic rings. The summed E-state index contributed by atoms with van der Waals surface area (Å²) in [6.45, 7) is 2.24. The number of hydrogen-bond acceptors (Lipinski definition) is 6. The summed E-state index contributed by atoms with van der Waals surface area (Å²) in [6.07, 6.45) is 0.438. The SMILES string of the molecule is CCn1cc(S(=O)(=O)NCC(O)COC)c(N)n1. The first-order valence-electron chi connectivity index (χ1n) is 5.40. The Morgan fingerprint density at radius 1 is 1.67 bits per heavy atom. The molecule has 0 saturated carbocycles. The molecule has 0 aliphatic rings. The van der Waals surface area contributed by atoms with Gasteiger partial charge in [0.1, 0.15) is 4.90 Å². The number of nitrogens with one attached hydrogen (secondary N) is 1. The fourth-order valence-corrected chi connectivity index (χ4v) is 2.47. The lowest BCUT2D eigenvalue weighted by atomic mass is 10.4. The average Bonchev–Trinajstić information content (AvgIpc) is 2.69. The van der Waals surface area contributed by atoms with Crippen LogP contribution in [-0.2, 0) is 21.3 Å². The van der Waals surface area contributed by atoms with Crippen LogP contribution >= 0.6 is 0 Å². The number of aryl methyl sites for hydroxylation is 1. The molecular formula is C9H18N4O4S. The van der Waals surface area contributed by atoms with E-state index >= 15 is 0 Å². The maximum atomic E-state index is 11.9. The van der Waals surface area contributed by atoms with Gasteiger partial charge in [-0.15, -0.1) is 0 Å². The van der Waals surface area contributed by atoms with Crippen LogP contribution in [0.1, 0.15) is 6.92 Å². The first kappa shape index (κ1) is 14.9. The minimum absolute atomic E-state index is 0.0478. The van der Waals surface area contributed by atoms with Gasteiger partial charge in [0.2, 0.25) is 10.0 Å². The number of rotatable bonds is 7. The number of hydrogen-bond donors (Lipinski definition) is 3. The molecule has 0 aliphatic heterocycles. The number of ether oxygens (including phenoxy) is 1. The van der Waals surface area contributed by atoms with Crippen molar-refractivity contribution >= 4 is 15.8 Å². The Balaban J connectivity index is 2.76. The minimum Gasteiger partial charge on any atom is -0.389 e. The van der Waals surface area contributed by atoms with Gasteiger partial charge in [-0.2, -0.15) is 5.10 Å². The highest BCUT2D eigenvalue weighted by Gasteiger charge is 2.21. The Hall–Kier alpha value is -1.16. The van der Waals surface area contributed by atoms with Crippen LogP contribution in [0, 0.1) is 0 Å². The molecule has 0 aromatic carbocycles. The van der Waals surface area contributed by atoms with Crippen LogP contribution in [0.5, 0.6) is 0 Å². The van der Waals surface area contributed by atoms with Crippen molar-refractivity contribution in [1.29, 1.82) is 0 Å². The highest BCUT2D eigenvalue weighted by atomic mass is 32.2. The third kappa shape index (κ3) is 3.67. The third-order valence-electron chi connectivity index (χ3n) is 2.24. The van der Waals surface area contributed by atoms with E-state index in [9.17, 15) is 13.5 Å². The molecule has 1 aromatic heterocycles. The third-order valence-corrected chi connectivity index (χ3v) is 3.68.